The van der Waals surface area contributed by atoms with Crippen LogP contribution in [-0.2, 0) is 4.52 Å². The lowest BCUT2D eigenvalue weighted by Gasteiger charge is -2.25. The molecule has 0 aromatic heterocycles. The topological polar surface area (TPSA) is 69.9 Å². The molecule has 0 aliphatic rings. The van der Waals surface area contributed by atoms with Gasteiger partial charge in [0.25, 0.3) is 0 Å². The summed E-state index contributed by atoms with van der Waals surface area (Å²) in [5.41, 5.74) is -0.901. The molecule has 0 aromatic rings. The van der Waals surface area contributed by atoms with E-state index in [-0.39, 0.29) is 26.4 Å². The molecule has 0 heterocycles. The molecular formula is C5H13O4P. The van der Waals surface area contributed by atoms with Crippen LogP contribution in [0, 0.1) is 5.41 Å². The van der Waals surface area contributed by atoms with Crippen molar-refractivity contribution in [2.45, 2.75) is 0 Å². The third-order valence-electron chi connectivity index (χ3n) is 1.40. The average Bonchev–Trinajstić information content (AvgIpc) is 2.01. The quantitative estimate of drug-likeness (QED) is 0.449. The van der Waals surface area contributed by atoms with E-state index in [2.05, 4.69) is 4.52 Å². The number of hydrogen-bond acceptors (Lipinski definition) is 4. The van der Waals surface area contributed by atoms with E-state index >= 15 is 0 Å². The normalized spacial score (nSPS) is 12.0. The van der Waals surface area contributed by atoms with Gasteiger partial charge in [0.05, 0.1) is 31.8 Å². The molecule has 1 unspecified atom stereocenters. The summed E-state index contributed by atoms with van der Waals surface area (Å²) in [6.45, 7) is -0.724. The Morgan fingerprint density at radius 1 is 1.10 bits per heavy atom. The fourth-order valence-corrected chi connectivity index (χ4v) is 0.817. The van der Waals surface area contributed by atoms with E-state index in [9.17, 15) is 0 Å². The zero-order chi connectivity index (χ0) is 8.04. The van der Waals surface area contributed by atoms with Gasteiger partial charge < -0.3 is 19.8 Å². The largest absolute Gasteiger partial charge is 0.396 e. The summed E-state index contributed by atoms with van der Waals surface area (Å²) in [7, 11) is 2.00. The van der Waals surface area contributed by atoms with Crippen molar-refractivity contribution >= 4 is 9.47 Å². The van der Waals surface area contributed by atoms with Crippen molar-refractivity contribution in [2.24, 2.45) is 5.41 Å². The van der Waals surface area contributed by atoms with Crippen LogP contribution < -0.4 is 0 Å². The Morgan fingerprint density at radius 2 is 1.50 bits per heavy atom. The van der Waals surface area contributed by atoms with Crippen molar-refractivity contribution in [1.82, 2.24) is 0 Å². The highest BCUT2D eigenvalue weighted by atomic mass is 31.0. The van der Waals surface area contributed by atoms with Gasteiger partial charge in [-0.25, -0.2) is 0 Å². The van der Waals surface area contributed by atoms with Gasteiger partial charge in [0.1, 0.15) is 0 Å². The molecule has 5 heteroatoms. The molecular weight excluding hydrogens is 155 g/mol. The molecule has 1 atom stereocenters. The summed E-state index contributed by atoms with van der Waals surface area (Å²) in [5.74, 6) is 0. The predicted octanol–water partition coefficient (Wildman–Crippen LogP) is -1.24. The van der Waals surface area contributed by atoms with E-state index in [4.69, 9.17) is 15.3 Å². The van der Waals surface area contributed by atoms with Gasteiger partial charge in [-0.3, -0.25) is 0 Å². The molecule has 62 valence electrons. The molecule has 0 radical (unpaired) electrons. The van der Waals surface area contributed by atoms with Crippen molar-refractivity contribution in [3.05, 3.63) is 0 Å². The van der Waals surface area contributed by atoms with E-state index in [1.54, 1.807) is 0 Å². The molecule has 0 bridgehead atoms. The van der Waals surface area contributed by atoms with Crippen LogP contribution in [0.2, 0.25) is 0 Å². The van der Waals surface area contributed by atoms with Crippen LogP contribution in [0.15, 0.2) is 0 Å². The number of aliphatic hydroxyl groups is 3. The third-order valence-corrected chi connectivity index (χ3v) is 1.56. The van der Waals surface area contributed by atoms with Crippen LogP contribution in [0.25, 0.3) is 0 Å². The smallest absolute Gasteiger partial charge is 0.0632 e. The van der Waals surface area contributed by atoms with Crippen LogP contribution in [0.3, 0.4) is 0 Å². The second kappa shape index (κ2) is 4.99. The maximum absolute atomic E-state index is 8.70. The van der Waals surface area contributed by atoms with Gasteiger partial charge in [0.15, 0.2) is 0 Å². The molecule has 0 aliphatic carbocycles. The summed E-state index contributed by atoms with van der Waals surface area (Å²) in [4.78, 5) is 0. The Hall–Kier alpha value is 0.270. The lowest BCUT2D eigenvalue weighted by molar-refractivity contribution is -0.0217. The first-order valence-corrected chi connectivity index (χ1v) is 3.36. The van der Waals surface area contributed by atoms with E-state index in [1.807, 2.05) is 9.47 Å². The summed E-state index contributed by atoms with van der Waals surface area (Å²) in [6.07, 6.45) is 0. The fourth-order valence-electron chi connectivity index (χ4n) is 0.464. The maximum atomic E-state index is 8.70. The standard InChI is InChI=1S/C5H13O4P/c6-1-5(2-7,3-8)4-9-10/h6-8H,1-4,10H2. The van der Waals surface area contributed by atoms with Gasteiger partial charge >= 0.3 is 0 Å². The van der Waals surface area contributed by atoms with Gasteiger partial charge in [0.2, 0.25) is 0 Å². The highest BCUT2D eigenvalue weighted by Gasteiger charge is 2.27. The first-order valence-electron chi connectivity index (χ1n) is 2.89. The van der Waals surface area contributed by atoms with Crippen LogP contribution in [0.5, 0.6) is 0 Å². The van der Waals surface area contributed by atoms with Crippen LogP contribution in [-0.4, -0.2) is 41.7 Å². The molecule has 0 saturated heterocycles. The van der Waals surface area contributed by atoms with Gasteiger partial charge in [-0.15, -0.1) is 0 Å². The zero-order valence-electron chi connectivity index (χ0n) is 5.66. The summed E-state index contributed by atoms with van der Waals surface area (Å²) in [6, 6.07) is 0. The Balaban J connectivity index is 3.87. The Morgan fingerprint density at radius 3 is 1.60 bits per heavy atom. The third kappa shape index (κ3) is 2.48. The Bertz CT molecular complexity index is 75.5. The Kier molecular flexibility index (Phi) is 5.13. The molecule has 0 rings (SSSR count). The highest BCUT2D eigenvalue weighted by Crippen LogP contribution is 2.15. The highest BCUT2D eigenvalue weighted by molar-refractivity contribution is 7.09. The van der Waals surface area contributed by atoms with Gasteiger partial charge in [-0.1, -0.05) is 0 Å². The van der Waals surface area contributed by atoms with Crippen LogP contribution in [0.4, 0.5) is 0 Å². The first-order chi connectivity index (χ1) is 4.74. The molecule has 3 N–H and O–H groups in total. The molecule has 0 spiro atoms. The van der Waals surface area contributed by atoms with Crippen molar-refractivity contribution in [3.63, 3.8) is 0 Å². The molecule has 0 aromatic carbocycles. The molecule has 10 heavy (non-hydrogen) atoms. The van der Waals surface area contributed by atoms with Gasteiger partial charge in [-0.05, 0) is 0 Å². The lowest BCUT2D eigenvalue weighted by atomic mass is 9.93. The fraction of sp³-hybridized carbons (Fsp3) is 1.00. The minimum atomic E-state index is -0.901. The van der Waals surface area contributed by atoms with E-state index < -0.39 is 5.41 Å². The monoisotopic (exact) mass is 168 g/mol. The number of rotatable bonds is 5. The van der Waals surface area contributed by atoms with Crippen molar-refractivity contribution in [3.8, 4) is 0 Å². The summed E-state index contributed by atoms with van der Waals surface area (Å²) < 4.78 is 4.62. The molecule has 0 saturated carbocycles. The minimum Gasteiger partial charge on any atom is -0.396 e. The van der Waals surface area contributed by atoms with Crippen LogP contribution >= 0.6 is 9.47 Å². The molecule has 4 nitrogen and oxygen atoms in total. The summed E-state index contributed by atoms with van der Waals surface area (Å²) >= 11 is 0. The van der Waals surface area contributed by atoms with E-state index in [0.29, 0.717) is 0 Å². The lowest BCUT2D eigenvalue weighted by Crippen LogP contribution is -2.37. The van der Waals surface area contributed by atoms with Crippen molar-refractivity contribution < 1.29 is 19.8 Å². The van der Waals surface area contributed by atoms with Crippen LogP contribution in [0.1, 0.15) is 0 Å². The maximum Gasteiger partial charge on any atom is 0.0632 e. The van der Waals surface area contributed by atoms with Crippen molar-refractivity contribution in [1.29, 1.82) is 0 Å². The summed E-state index contributed by atoms with van der Waals surface area (Å²) in [5, 5.41) is 26.1. The van der Waals surface area contributed by atoms with E-state index in [0.717, 1.165) is 0 Å². The van der Waals surface area contributed by atoms with Gasteiger partial charge in [-0.2, -0.15) is 0 Å². The Labute approximate surface area is 62.1 Å². The second-order valence-electron chi connectivity index (χ2n) is 2.29. The molecule has 0 fully saturated rings. The van der Waals surface area contributed by atoms with Crippen molar-refractivity contribution in [2.75, 3.05) is 26.4 Å². The molecule has 0 aliphatic heterocycles. The molecule has 0 amide bonds. The SMILES string of the molecule is OCC(CO)(CO)COP. The minimum absolute atomic E-state index is 0.126. The number of hydrogen-bond donors (Lipinski definition) is 3. The first kappa shape index (κ1) is 10.3. The average molecular weight is 168 g/mol. The number of aliphatic hydroxyl groups excluding tert-OH is 3. The second-order valence-corrected chi connectivity index (χ2v) is 2.62. The zero-order valence-corrected chi connectivity index (χ0v) is 6.81. The van der Waals surface area contributed by atoms with Gasteiger partial charge in [0, 0.05) is 9.47 Å². The van der Waals surface area contributed by atoms with E-state index in [1.165, 1.54) is 0 Å². The predicted molar refractivity (Wildman–Crippen MR) is 39.4 cm³/mol.